The van der Waals surface area contributed by atoms with Crippen molar-refractivity contribution in [3.8, 4) is 5.75 Å². The summed E-state index contributed by atoms with van der Waals surface area (Å²) >= 11 is 0. The highest BCUT2D eigenvalue weighted by molar-refractivity contribution is 5.75. The summed E-state index contributed by atoms with van der Waals surface area (Å²) in [5, 5.41) is 12.5. The van der Waals surface area contributed by atoms with Crippen molar-refractivity contribution < 1.29 is 14.6 Å². The summed E-state index contributed by atoms with van der Waals surface area (Å²) in [5.41, 5.74) is 0. The van der Waals surface area contributed by atoms with E-state index in [-0.39, 0.29) is 12.0 Å². The second-order valence-corrected chi connectivity index (χ2v) is 5.40. The van der Waals surface area contributed by atoms with Gasteiger partial charge in [0, 0.05) is 6.54 Å². The Morgan fingerprint density at radius 2 is 2.10 bits per heavy atom. The van der Waals surface area contributed by atoms with E-state index in [2.05, 4.69) is 5.32 Å². The van der Waals surface area contributed by atoms with Crippen LogP contribution in [-0.2, 0) is 4.79 Å². The summed E-state index contributed by atoms with van der Waals surface area (Å²) < 4.78 is 5.48. The van der Waals surface area contributed by atoms with Crippen molar-refractivity contribution in [3.63, 3.8) is 0 Å². The maximum Gasteiger partial charge on any atom is 0.223 e. The van der Waals surface area contributed by atoms with Crippen molar-refractivity contribution in [2.24, 2.45) is 5.92 Å². The molecule has 2 rings (SSSR count). The zero-order valence-corrected chi connectivity index (χ0v) is 11.8. The molecular formula is C16H23NO3. The first-order chi connectivity index (χ1) is 9.74. The van der Waals surface area contributed by atoms with Crippen LogP contribution in [0, 0.1) is 5.92 Å². The molecule has 1 aliphatic carbocycles. The van der Waals surface area contributed by atoms with Gasteiger partial charge >= 0.3 is 0 Å². The lowest BCUT2D eigenvalue weighted by molar-refractivity contribution is -0.121. The van der Waals surface area contributed by atoms with Gasteiger partial charge in [0.2, 0.25) is 5.91 Å². The van der Waals surface area contributed by atoms with Gasteiger partial charge in [-0.3, -0.25) is 4.79 Å². The highest BCUT2D eigenvalue weighted by Gasteiger charge is 2.20. The second kappa shape index (κ2) is 7.90. The van der Waals surface area contributed by atoms with Gasteiger partial charge in [-0.05, 0) is 37.3 Å². The zero-order chi connectivity index (χ0) is 14.2. The molecule has 4 nitrogen and oxygen atoms in total. The summed E-state index contributed by atoms with van der Waals surface area (Å²) in [4.78, 5) is 11.7. The van der Waals surface area contributed by atoms with E-state index in [0.29, 0.717) is 25.5 Å². The third-order valence-electron chi connectivity index (χ3n) is 3.68. The number of carbonyl (C=O) groups excluding carboxylic acids is 1. The van der Waals surface area contributed by atoms with Gasteiger partial charge in [0.15, 0.2) is 0 Å². The van der Waals surface area contributed by atoms with Gasteiger partial charge in [-0.15, -0.1) is 0 Å². The van der Waals surface area contributed by atoms with E-state index in [0.717, 1.165) is 31.4 Å². The van der Waals surface area contributed by atoms with Crippen molar-refractivity contribution >= 4 is 5.91 Å². The quantitative estimate of drug-likeness (QED) is 0.837. The molecule has 0 spiro atoms. The lowest BCUT2D eigenvalue weighted by Crippen LogP contribution is -2.33. The Kier molecular flexibility index (Phi) is 5.87. The maximum atomic E-state index is 11.7. The van der Waals surface area contributed by atoms with Gasteiger partial charge in [-0.1, -0.05) is 24.6 Å². The number of carbonyl (C=O) groups is 1. The Morgan fingerprint density at radius 3 is 2.85 bits per heavy atom. The van der Waals surface area contributed by atoms with Crippen LogP contribution in [0.2, 0.25) is 0 Å². The first-order valence-corrected chi connectivity index (χ1v) is 7.36. The van der Waals surface area contributed by atoms with E-state index >= 15 is 0 Å². The van der Waals surface area contributed by atoms with Crippen LogP contribution in [-0.4, -0.2) is 30.3 Å². The maximum absolute atomic E-state index is 11.7. The van der Waals surface area contributed by atoms with Crippen molar-refractivity contribution in [2.75, 3.05) is 13.2 Å². The smallest absolute Gasteiger partial charge is 0.223 e. The van der Waals surface area contributed by atoms with Crippen LogP contribution in [0.4, 0.5) is 0 Å². The highest BCUT2D eigenvalue weighted by Crippen LogP contribution is 2.23. The van der Waals surface area contributed by atoms with Crippen LogP contribution in [0.15, 0.2) is 30.3 Å². The molecule has 1 saturated carbocycles. The zero-order valence-electron chi connectivity index (χ0n) is 11.8. The van der Waals surface area contributed by atoms with Gasteiger partial charge in [-0.2, -0.15) is 0 Å². The topological polar surface area (TPSA) is 58.6 Å². The van der Waals surface area contributed by atoms with E-state index in [1.807, 2.05) is 30.3 Å². The Labute approximate surface area is 120 Å². The predicted octanol–water partition coefficient (Wildman–Crippen LogP) is 2.12. The van der Waals surface area contributed by atoms with Crippen LogP contribution in [0.25, 0.3) is 0 Å². The average Bonchev–Trinajstić information content (AvgIpc) is 2.46. The summed E-state index contributed by atoms with van der Waals surface area (Å²) in [6.07, 6.45) is 4.03. The number of ether oxygens (including phenoxy) is 1. The van der Waals surface area contributed by atoms with Crippen molar-refractivity contribution in [2.45, 2.75) is 38.2 Å². The van der Waals surface area contributed by atoms with Gasteiger partial charge in [0.05, 0.1) is 19.1 Å². The lowest BCUT2D eigenvalue weighted by atomic mass is 9.87. The molecule has 0 heterocycles. The van der Waals surface area contributed by atoms with Crippen LogP contribution < -0.4 is 10.1 Å². The Bertz CT molecular complexity index is 407. The van der Waals surface area contributed by atoms with Crippen molar-refractivity contribution in [1.82, 2.24) is 5.32 Å². The van der Waals surface area contributed by atoms with E-state index < -0.39 is 0 Å². The van der Waals surface area contributed by atoms with E-state index in [4.69, 9.17) is 4.74 Å². The molecule has 1 amide bonds. The Morgan fingerprint density at radius 1 is 1.30 bits per heavy atom. The first kappa shape index (κ1) is 14.9. The number of nitrogens with one attached hydrogen (secondary N) is 1. The fourth-order valence-corrected chi connectivity index (χ4v) is 2.57. The van der Waals surface area contributed by atoms with Crippen molar-refractivity contribution in [3.05, 3.63) is 30.3 Å². The Balaban J connectivity index is 1.58. The summed E-state index contributed by atoms with van der Waals surface area (Å²) in [5.74, 6) is 1.22. The summed E-state index contributed by atoms with van der Waals surface area (Å²) in [7, 11) is 0. The molecule has 0 radical (unpaired) electrons. The van der Waals surface area contributed by atoms with E-state index in [1.165, 1.54) is 0 Å². The number of aliphatic hydroxyl groups is 1. The molecule has 0 saturated heterocycles. The molecule has 2 N–H and O–H groups in total. The molecular weight excluding hydrogens is 254 g/mol. The van der Waals surface area contributed by atoms with E-state index in [1.54, 1.807) is 0 Å². The molecule has 0 aliphatic heterocycles. The second-order valence-electron chi connectivity index (χ2n) is 5.40. The number of amides is 1. The van der Waals surface area contributed by atoms with Gasteiger partial charge in [-0.25, -0.2) is 0 Å². The fourth-order valence-electron chi connectivity index (χ4n) is 2.57. The molecule has 0 aromatic heterocycles. The third-order valence-corrected chi connectivity index (χ3v) is 3.68. The molecule has 1 aliphatic rings. The molecule has 2 atom stereocenters. The van der Waals surface area contributed by atoms with Gasteiger partial charge in [0.25, 0.3) is 0 Å². The molecule has 110 valence electrons. The predicted molar refractivity (Wildman–Crippen MR) is 77.5 cm³/mol. The number of aliphatic hydroxyl groups excluding tert-OH is 1. The lowest BCUT2D eigenvalue weighted by Gasteiger charge is -2.25. The SMILES string of the molecule is O=C(CCOc1ccccc1)NCC1CCCC(O)C1. The minimum atomic E-state index is -0.188. The highest BCUT2D eigenvalue weighted by atomic mass is 16.5. The Hall–Kier alpha value is -1.55. The number of hydrogen-bond acceptors (Lipinski definition) is 3. The number of para-hydroxylation sites is 1. The molecule has 20 heavy (non-hydrogen) atoms. The molecule has 1 aromatic rings. The van der Waals surface area contributed by atoms with Crippen LogP contribution in [0.5, 0.6) is 5.75 Å². The van der Waals surface area contributed by atoms with Gasteiger partial charge in [0.1, 0.15) is 5.75 Å². The third kappa shape index (κ3) is 5.21. The number of rotatable bonds is 6. The van der Waals surface area contributed by atoms with Crippen LogP contribution in [0.1, 0.15) is 32.1 Å². The minimum absolute atomic E-state index is 0.0148. The molecule has 4 heteroatoms. The molecule has 2 unspecified atom stereocenters. The van der Waals surface area contributed by atoms with Crippen molar-refractivity contribution in [1.29, 1.82) is 0 Å². The number of hydrogen-bond donors (Lipinski definition) is 2. The monoisotopic (exact) mass is 277 g/mol. The molecule has 1 aromatic carbocycles. The molecule has 0 bridgehead atoms. The first-order valence-electron chi connectivity index (χ1n) is 7.36. The largest absolute Gasteiger partial charge is 0.493 e. The van der Waals surface area contributed by atoms with Gasteiger partial charge < -0.3 is 15.2 Å². The summed E-state index contributed by atoms with van der Waals surface area (Å²) in [6, 6.07) is 9.49. The number of benzene rings is 1. The van der Waals surface area contributed by atoms with E-state index in [9.17, 15) is 9.90 Å². The minimum Gasteiger partial charge on any atom is -0.493 e. The summed E-state index contributed by atoms with van der Waals surface area (Å²) in [6.45, 7) is 1.06. The molecule has 1 fully saturated rings. The van der Waals surface area contributed by atoms with Crippen LogP contribution >= 0.6 is 0 Å². The fraction of sp³-hybridized carbons (Fsp3) is 0.562. The standard InChI is InChI=1S/C16H23NO3/c18-14-6-4-5-13(11-14)12-17-16(19)9-10-20-15-7-2-1-3-8-15/h1-3,7-8,13-14,18H,4-6,9-12H2,(H,17,19). The normalized spacial score (nSPS) is 22.2. The van der Waals surface area contributed by atoms with Crippen LogP contribution in [0.3, 0.4) is 0 Å². The average molecular weight is 277 g/mol.